The van der Waals surface area contributed by atoms with Crippen LogP contribution >= 0.6 is 11.3 Å². The molecule has 0 amide bonds. The van der Waals surface area contributed by atoms with Gasteiger partial charge in [0.1, 0.15) is 5.78 Å². The van der Waals surface area contributed by atoms with Crippen molar-refractivity contribution >= 4 is 17.1 Å². The number of thiazole rings is 1. The van der Waals surface area contributed by atoms with Gasteiger partial charge >= 0.3 is 0 Å². The minimum atomic E-state index is 0.442. The number of carbonyl (C=O) groups is 1. The summed E-state index contributed by atoms with van der Waals surface area (Å²) in [7, 11) is 0. The molecule has 1 aromatic heterocycles. The Kier molecular flexibility index (Phi) is 3.19. The second-order valence-corrected chi connectivity index (χ2v) is 5.72. The lowest BCUT2D eigenvalue weighted by Gasteiger charge is -2.19. The highest BCUT2D eigenvalue weighted by Crippen LogP contribution is 2.27. The van der Waals surface area contributed by atoms with E-state index in [2.05, 4.69) is 18.8 Å². The van der Waals surface area contributed by atoms with Crippen molar-refractivity contribution in [3.05, 3.63) is 15.6 Å². The molecular formula is C12H17NOS. The lowest BCUT2D eigenvalue weighted by atomic mass is 9.86. The Labute approximate surface area is 94.7 Å². The van der Waals surface area contributed by atoms with Crippen LogP contribution < -0.4 is 0 Å². The number of ketones is 1. The largest absolute Gasteiger partial charge is 0.300 e. The predicted molar refractivity (Wildman–Crippen MR) is 62.3 cm³/mol. The molecule has 1 heterocycles. The summed E-state index contributed by atoms with van der Waals surface area (Å²) in [5, 5.41) is 1.25. The van der Waals surface area contributed by atoms with Gasteiger partial charge in [0.25, 0.3) is 0 Å². The van der Waals surface area contributed by atoms with Crippen LogP contribution in [0.4, 0.5) is 0 Å². The van der Waals surface area contributed by atoms with Crippen LogP contribution in [0.5, 0.6) is 0 Å². The van der Waals surface area contributed by atoms with Crippen LogP contribution in [0.3, 0.4) is 0 Å². The molecule has 2 nitrogen and oxygen atoms in total. The highest BCUT2D eigenvalue weighted by atomic mass is 32.1. The summed E-state index contributed by atoms with van der Waals surface area (Å²) in [5.41, 5.74) is 1.17. The molecule has 0 aliphatic heterocycles. The summed E-state index contributed by atoms with van der Waals surface area (Å²) < 4.78 is 0. The molecule has 1 saturated carbocycles. The lowest BCUT2D eigenvalue weighted by molar-refractivity contribution is -0.121. The molecule has 0 saturated heterocycles. The first-order valence-electron chi connectivity index (χ1n) is 5.59. The molecule has 15 heavy (non-hydrogen) atoms. The Morgan fingerprint density at radius 2 is 2.00 bits per heavy atom. The number of hydrogen-bond donors (Lipinski definition) is 0. The summed E-state index contributed by atoms with van der Waals surface area (Å²) in [5.74, 6) is 1.13. The molecule has 1 aromatic rings. The van der Waals surface area contributed by atoms with Crippen molar-refractivity contribution in [1.29, 1.82) is 0 Å². The minimum absolute atomic E-state index is 0.442. The van der Waals surface area contributed by atoms with Crippen LogP contribution in [0.25, 0.3) is 0 Å². The molecule has 0 spiro atoms. The first kappa shape index (κ1) is 10.8. The fourth-order valence-electron chi connectivity index (χ4n) is 2.08. The maximum absolute atomic E-state index is 11.1. The average Bonchev–Trinajstić information content (AvgIpc) is 2.50. The van der Waals surface area contributed by atoms with E-state index >= 15 is 0 Å². The maximum atomic E-state index is 11.1. The number of Topliss-reactive ketones (excluding diaryl/α,β-unsaturated/α-hetero) is 1. The van der Waals surface area contributed by atoms with E-state index in [4.69, 9.17) is 0 Å². The topological polar surface area (TPSA) is 30.0 Å². The van der Waals surface area contributed by atoms with Crippen molar-refractivity contribution in [3.63, 3.8) is 0 Å². The Bertz CT molecular complexity index is 340. The van der Waals surface area contributed by atoms with Crippen LogP contribution in [-0.2, 0) is 11.2 Å². The van der Waals surface area contributed by atoms with Crippen molar-refractivity contribution in [2.75, 3.05) is 0 Å². The Morgan fingerprint density at radius 1 is 1.33 bits per heavy atom. The molecule has 0 radical (unpaired) electrons. The predicted octanol–water partition coefficient (Wildman–Crippen LogP) is 3.06. The zero-order valence-corrected chi connectivity index (χ0v) is 10.2. The van der Waals surface area contributed by atoms with Gasteiger partial charge in [-0.15, -0.1) is 11.3 Å². The molecule has 0 N–H and O–H groups in total. The van der Waals surface area contributed by atoms with E-state index < -0.39 is 0 Å². The summed E-state index contributed by atoms with van der Waals surface area (Å²) in [6, 6.07) is 0. The van der Waals surface area contributed by atoms with Gasteiger partial charge in [-0.1, -0.05) is 0 Å². The van der Waals surface area contributed by atoms with Gasteiger partial charge in [0.05, 0.1) is 10.7 Å². The van der Waals surface area contributed by atoms with Crippen molar-refractivity contribution in [3.8, 4) is 0 Å². The van der Waals surface area contributed by atoms with E-state index in [1.54, 1.807) is 0 Å². The number of nitrogens with zero attached hydrogens (tertiary/aromatic N) is 1. The van der Waals surface area contributed by atoms with E-state index in [1.807, 2.05) is 11.3 Å². The highest BCUT2D eigenvalue weighted by Gasteiger charge is 2.20. The van der Waals surface area contributed by atoms with Crippen molar-refractivity contribution < 1.29 is 4.79 Å². The fourth-order valence-corrected chi connectivity index (χ4v) is 3.13. The number of rotatable bonds is 2. The molecular weight excluding hydrogens is 206 g/mol. The first-order chi connectivity index (χ1) is 7.15. The molecule has 82 valence electrons. The van der Waals surface area contributed by atoms with E-state index in [9.17, 15) is 4.79 Å². The Morgan fingerprint density at radius 3 is 2.53 bits per heavy atom. The van der Waals surface area contributed by atoms with Crippen molar-refractivity contribution in [2.45, 2.75) is 46.0 Å². The lowest BCUT2D eigenvalue weighted by Crippen LogP contribution is -2.15. The third-order valence-corrected chi connectivity index (χ3v) is 4.29. The smallest absolute Gasteiger partial charge is 0.132 e. The van der Waals surface area contributed by atoms with Crippen LogP contribution in [0, 0.1) is 19.8 Å². The fraction of sp³-hybridized carbons (Fsp3) is 0.667. The van der Waals surface area contributed by atoms with Gasteiger partial charge in [0.15, 0.2) is 0 Å². The highest BCUT2D eigenvalue weighted by molar-refractivity contribution is 7.11. The van der Waals surface area contributed by atoms with Gasteiger partial charge < -0.3 is 0 Å². The molecule has 3 heteroatoms. The van der Waals surface area contributed by atoms with Crippen LogP contribution in [0.15, 0.2) is 0 Å². The zero-order chi connectivity index (χ0) is 10.8. The summed E-state index contributed by atoms with van der Waals surface area (Å²) in [6.45, 7) is 4.20. The normalized spacial score (nSPS) is 18.4. The molecule has 2 rings (SSSR count). The van der Waals surface area contributed by atoms with Crippen LogP contribution in [-0.4, -0.2) is 10.8 Å². The maximum Gasteiger partial charge on any atom is 0.132 e. The van der Waals surface area contributed by atoms with Gasteiger partial charge in [0.2, 0.25) is 0 Å². The summed E-state index contributed by atoms with van der Waals surface area (Å²) in [4.78, 5) is 17.0. The minimum Gasteiger partial charge on any atom is -0.300 e. The number of carbonyl (C=O) groups excluding carboxylic acids is 1. The van der Waals surface area contributed by atoms with Gasteiger partial charge in [0, 0.05) is 24.1 Å². The van der Waals surface area contributed by atoms with Gasteiger partial charge in [-0.2, -0.15) is 0 Å². The van der Waals surface area contributed by atoms with Gasteiger partial charge in [-0.25, -0.2) is 4.98 Å². The van der Waals surface area contributed by atoms with Gasteiger partial charge in [-0.05, 0) is 32.6 Å². The van der Waals surface area contributed by atoms with Crippen LogP contribution in [0.1, 0.15) is 41.3 Å². The van der Waals surface area contributed by atoms with Gasteiger partial charge in [-0.3, -0.25) is 4.79 Å². The van der Waals surface area contributed by atoms with E-state index in [0.717, 1.165) is 32.1 Å². The van der Waals surface area contributed by atoms with E-state index in [-0.39, 0.29) is 0 Å². The standard InChI is InChI=1S/C12H17NOS/c1-8-9(2)15-12(13-8)7-10-3-5-11(14)6-4-10/h10H,3-7H2,1-2H3. The molecule has 0 atom stereocenters. The zero-order valence-electron chi connectivity index (χ0n) is 9.38. The molecule has 1 aliphatic carbocycles. The van der Waals surface area contributed by atoms with Crippen molar-refractivity contribution in [2.24, 2.45) is 5.92 Å². The molecule has 1 fully saturated rings. The summed E-state index contributed by atoms with van der Waals surface area (Å²) in [6.07, 6.45) is 4.78. The second-order valence-electron chi connectivity index (χ2n) is 4.44. The van der Waals surface area contributed by atoms with E-state index in [1.165, 1.54) is 15.6 Å². The number of hydrogen-bond acceptors (Lipinski definition) is 3. The molecule has 0 unspecified atom stereocenters. The third kappa shape index (κ3) is 2.65. The van der Waals surface area contributed by atoms with E-state index in [0.29, 0.717) is 11.7 Å². The first-order valence-corrected chi connectivity index (χ1v) is 6.41. The molecule has 0 aromatic carbocycles. The Hall–Kier alpha value is -0.700. The van der Waals surface area contributed by atoms with Crippen molar-refractivity contribution in [1.82, 2.24) is 4.98 Å². The number of aryl methyl sites for hydroxylation is 2. The molecule has 0 bridgehead atoms. The second kappa shape index (κ2) is 4.44. The van der Waals surface area contributed by atoms with Crippen LogP contribution in [0.2, 0.25) is 0 Å². The molecule has 1 aliphatic rings. The summed E-state index contributed by atoms with van der Waals surface area (Å²) >= 11 is 1.81. The Balaban J connectivity index is 1.94. The average molecular weight is 223 g/mol. The SMILES string of the molecule is Cc1nc(CC2CCC(=O)CC2)sc1C. The third-order valence-electron chi connectivity index (χ3n) is 3.20. The number of aromatic nitrogens is 1. The monoisotopic (exact) mass is 223 g/mol. The quantitative estimate of drug-likeness (QED) is 0.771.